The minimum Gasteiger partial charge on any atom is -0.342 e. The van der Waals surface area contributed by atoms with E-state index >= 15 is 0 Å². The van der Waals surface area contributed by atoms with Crippen LogP contribution >= 0.6 is 0 Å². The van der Waals surface area contributed by atoms with Crippen LogP contribution in [0.4, 0.5) is 13.2 Å². The summed E-state index contributed by atoms with van der Waals surface area (Å²) in [5, 5.41) is 8.27. The zero-order valence-corrected chi connectivity index (χ0v) is 21.9. The summed E-state index contributed by atoms with van der Waals surface area (Å²) >= 11 is 0. The monoisotopic (exact) mass is 517 g/mol. The topological polar surface area (TPSA) is 83.0 Å². The van der Waals surface area contributed by atoms with Gasteiger partial charge >= 0.3 is 6.18 Å². The summed E-state index contributed by atoms with van der Waals surface area (Å²) in [7, 11) is 0. The number of carbonyl (C=O) groups is 1. The number of rotatable bonds is 5. The van der Waals surface area contributed by atoms with Crippen molar-refractivity contribution in [1.82, 2.24) is 25.0 Å². The Bertz CT molecular complexity index is 1360. The number of carbonyl (C=O) groups excluding carboxylic acids is 1. The van der Waals surface area contributed by atoms with Crippen LogP contribution in [0.15, 0.2) is 29.2 Å². The molecular weight excluding hydrogens is 483 g/mol. The van der Waals surface area contributed by atoms with E-state index in [9.17, 15) is 22.8 Å². The number of nitrogens with one attached hydrogen (secondary N) is 2. The Morgan fingerprint density at radius 2 is 1.78 bits per heavy atom. The van der Waals surface area contributed by atoms with Crippen molar-refractivity contribution in [3.8, 4) is 0 Å². The first-order valence-electron chi connectivity index (χ1n) is 12.5. The Kier molecular flexibility index (Phi) is 7.25. The molecule has 2 N–H and O–H groups in total. The number of nitrogens with zero attached hydrogens (tertiary/aromatic N) is 3. The fourth-order valence-corrected chi connectivity index (χ4v) is 5.03. The zero-order valence-electron chi connectivity index (χ0n) is 21.9. The first-order chi connectivity index (χ1) is 17.3. The number of alkyl halides is 3. The van der Waals surface area contributed by atoms with Crippen molar-refractivity contribution in [2.75, 3.05) is 13.1 Å². The van der Waals surface area contributed by atoms with Crippen LogP contribution in [0.5, 0.6) is 0 Å². The van der Waals surface area contributed by atoms with Crippen LogP contribution in [0, 0.1) is 19.3 Å². The second kappa shape index (κ2) is 9.96. The van der Waals surface area contributed by atoms with Crippen LogP contribution in [-0.4, -0.2) is 38.7 Å². The molecule has 200 valence electrons. The van der Waals surface area contributed by atoms with Gasteiger partial charge in [0.2, 0.25) is 5.91 Å². The van der Waals surface area contributed by atoms with Crippen LogP contribution in [-0.2, 0) is 24.1 Å². The SMILES string of the molecule is Cc1cc(C)c(CNCc2cc(C(F)(F)F)cc3c2cnn3C2CCN(C(=O)C(C)(C)C)CC2)c(=O)[nH]1. The van der Waals surface area contributed by atoms with Crippen LogP contribution in [0.2, 0.25) is 0 Å². The van der Waals surface area contributed by atoms with Crippen LogP contribution in [0.1, 0.15) is 67.6 Å². The molecule has 0 unspecified atom stereocenters. The van der Waals surface area contributed by atoms with E-state index < -0.39 is 17.2 Å². The third-order valence-corrected chi connectivity index (χ3v) is 6.98. The number of likely N-dealkylation sites (tertiary alicyclic amines) is 1. The number of fused-ring (bicyclic) bond motifs is 1. The molecule has 1 aromatic carbocycles. The molecule has 3 heterocycles. The summed E-state index contributed by atoms with van der Waals surface area (Å²) < 4.78 is 43.1. The van der Waals surface area contributed by atoms with E-state index in [0.29, 0.717) is 48.0 Å². The molecule has 1 saturated heterocycles. The Morgan fingerprint density at radius 1 is 1.11 bits per heavy atom. The molecule has 0 saturated carbocycles. The Balaban J connectivity index is 1.59. The number of hydrogen-bond acceptors (Lipinski definition) is 4. The Morgan fingerprint density at radius 3 is 2.38 bits per heavy atom. The lowest BCUT2D eigenvalue weighted by Crippen LogP contribution is -2.44. The molecule has 1 aliphatic rings. The third kappa shape index (κ3) is 5.74. The van der Waals surface area contributed by atoms with Gasteiger partial charge in [0, 0.05) is 48.2 Å². The minimum absolute atomic E-state index is 0.0756. The zero-order chi connectivity index (χ0) is 27.1. The highest BCUT2D eigenvalue weighted by Crippen LogP contribution is 2.35. The molecule has 2 aromatic heterocycles. The van der Waals surface area contributed by atoms with Gasteiger partial charge in [-0.1, -0.05) is 20.8 Å². The number of benzene rings is 1. The van der Waals surface area contributed by atoms with Crippen LogP contribution in [0.3, 0.4) is 0 Å². The van der Waals surface area contributed by atoms with Gasteiger partial charge in [-0.2, -0.15) is 18.3 Å². The summed E-state index contributed by atoms with van der Waals surface area (Å²) in [4.78, 5) is 29.5. The standard InChI is InChI=1S/C27H34F3N5O2/c1-16-10-17(2)33-24(36)21(16)14-31-13-18-11-19(27(28,29)30)12-23-22(18)15-32-35(23)20-6-8-34(9-7-20)25(37)26(3,4)5/h10-12,15,20,31H,6-9,13-14H2,1-5H3,(H,33,36). The maximum Gasteiger partial charge on any atom is 0.416 e. The van der Waals surface area contributed by atoms with Gasteiger partial charge in [-0.15, -0.1) is 0 Å². The lowest BCUT2D eigenvalue weighted by Gasteiger charge is -2.36. The summed E-state index contributed by atoms with van der Waals surface area (Å²) in [6.45, 7) is 10.7. The van der Waals surface area contributed by atoms with E-state index in [-0.39, 0.29) is 30.6 Å². The van der Waals surface area contributed by atoms with E-state index in [1.807, 2.05) is 38.7 Å². The van der Waals surface area contributed by atoms with Gasteiger partial charge in [-0.05, 0) is 56.0 Å². The molecule has 4 rings (SSSR count). The van der Waals surface area contributed by atoms with Crippen molar-refractivity contribution in [3.05, 3.63) is 62.7 Å². The lowest BCUT2D eigenvalue weighted by atomic mass is 9.93. The first-order valence-corrected chi connectivity index (χ1v) is 12.5. The molecule has 1 amide bonds. The quantitative estimate of drug-likeness (QED) is 0.507. The number of piperidine rings is 1. The van der Waals surface area contributed by atoms with E-state index in [1.54, 1.807) is 17.8 Å². The number of aryl methyl sites for hydroxylation is 2. The molecule has 0 bridgehead atoms. The maximum atomic E-state index is 13.8. The molecule has 37 heavy (non-hydrogen) atoms. The van der Waals surface area contributed by atoms with E-state index in [2.05, 4.69) is 15.4 Å². The molecule has 3 aromatic rings. The summed E-state index contributed by atoms with van der Waals surface area (Å²) in [6, 6.07) is 4.08. The van der Waals surface area contributed by atoms with Crippen molar-refractivity contribution in [3.63, 3.8) is 0 Å². The van der Waals surface area contributed by atoms with E-state index in [1.165, 1.54) is 0 Å². The average Bonchev–Trinajstić information content (AvgIpc) is 3.23. The van der Waals surface area contributed by atoms with E-state index in [0.717, 1.165) is 23.4 Å². The molecule has 10 heteroatoms. The van der Waals surface area contributed by atoms with Gasteiger partial charge in [0.1, 0.15) is 0 Å². The van der Waals surface area contributed by atoms with Crippen molar-refractivity contribution in [2.45, 2.75) is 72.8 Å². The fraction of sp³-hybridized carbons (Fsp3) is 0.519. The van der Waals surface area contributed by atoms with Gasteiger partial charge < -0.3 is 15.2 Å². The number of amides is 1. The largest absolute Gasteiger partial charge is 0.416 e. The number of aromatic nitrogens is 3. The predicted octanol–water partition coefficient (Wildman–Crippen LogP) is 4.86. The van der Waals surface area contributed by atoms with Gasteiger partial charge in [-0.25, -0.2) is 0 Å². The molecule has 7 nitrogen and oxygen atoms in total. The molecule has 1 aliphatic heterocycles. The van der Waals surface area contributed by atoms with Crippen molar-refractivity contribution < 1.29 is 18.0 Å². The highest BCUT2D eigenvalue weighted by atomic mass is 19.4. The number of pyridine rings is 1. The van der Waals surface area contributed by atoms with Gasteiger partial charge in [0.25, 0.3) is 5.56 Å². The normalized spacial score (nSPS) is 15.5. The summed E-state index contributed by atoms with van der Waals surface area (Å²) in [6.07, 6.45) is -1.65. The highest BCUT2D eigenvalue weighted by molar-refractivity contribution is 5.84. The Hall–Kier alpha value is -3.14. The minimum atomic E-state index is -4.51. The maximum absolute atomic E-state index is 13.8. The number of halogens is 3. The van der Waals surface area contributed by atoms with Crippen molar-refractivity contribution >= 4 is 16.8 Å². The second-order valence-corrected chi connectivity index (χ2v) is 11.0. The molecule has 0 aliphatic carbocycles. The van der Waals surface area contributed by atoms with Crippen LogP contribution in [0.25, 0.3) is 10.9 Å². The molecule has 1 fully saturated rings. The second-order valence-electron chi connectivity index (χ2n) is 11.0. The smallest absolute Gasteiger partial charge is 0.342 e. The molecule has 0 radical (unpaired) electrons. The number of aromatic amines is 1. The van der Waals surface area contributed by atoms with Gasteiger partial charge in [0.15, 0.2) is 0 Å². The molecule has 0 spiro atoms. The Labute approximate surface area is 214 Å². The van der Waals surface area contributed by atoms with Crippen molar-refractivity contribution in [2.24, 2.45) is 5.41 Å². The van der Waals surface area contributed by atoms with E-state index in [4.69, 9.17) is 0 Å². The average molecular weight is 518 g/mol. The summed E-state index contributed by atoms with van der Waals surface area (Å²) in [5.41, 5.74) is 1.62. The highest BCUT2D eigenvalue weighted by Gasteiger charge is 2.34. The first kappa shape index (κ1) is 26.9. The van der Waals surface area contributed by atoms with Crippen LogP contribution < -0.4 is 10.9 Å². The third-order valence-electron chi connectivity index (χ3n) is 6.98. The molecular formula is C27H34F3N5O2. The number of H-pyrrole nitrogens is 1. The lowest BCUT2D eigenvalue weighted by molar-refractivity contribution is -0.141. The van der Waals surface area contributed by atoms with Crippen molar-refractivity contribution in [1.29, 1.82) is 0 Å². The molecule has 0 atom stereocenters. The number of hydrogen-bond donors (Lipinski definition) is 2. The predicted molar refractivity (Wildman–Crippen MR) is 136 cm³/mol. The fourth-order valence-electron chi connectivity index (χ4n) is 5.03. The van der Waals surface area contributed by atoms with Gasteiger partial charge in [-0.3, -0.25) is 14.3 Å². The van der Waals surface area contributed by atoms with Gasteiger partial charge in [0.05, 0.1) is 23.3 Å². The summed E-state index contributed by atoms with van der Waals surface area (Å²) in [5.74, 6) is 0.0756.